The second kappa shape index (κ2) is 11.1. The van der Waals surface area contributed by atoms with Crippen LogP contribution >= 0.6 is 11.8 Å². The van der Waals surface area contributed by atoms with Crippen LogP contribution in [0, 0.1) is 5.82 Å². The average Bonchev–Trinajstić information content (AvgIpc) is 3.18. The Morgan fingerprint density at radius 3 is 2.62 bits per heavy atom. The number of hydrogen-bond donors (Lipinski definition) is 5. The van der Waals surface area contributed by atoms with Gasteiger partial charge in [-0.1, -0.05) is 42.1 Å². The molecular weight excluding hydrogens is 505 g/mol. The number of para-hydroxylation sites is 2. The maximum atomic E-state index is 13.8. The van der Waals surface area contributed by atoms with Crippen LogP contribution in [0.5, 0.6) is 11.6 Å². The van der Waals surface area contributed by atoms with Crippen LogP contribution in [0.15, 0.2) is 63.1 Å². The Morgan fingerprint density at radius 1 is 1.16 bits per heavy atom. The van der Waals surface area contributed by atoms with E-state index >= 15 is 0 Å². The molecule has 0 radical (unpaired) electrons. The first-order valence-electron chi connectivity index (χ1n) is 11.1. The molecule has 0 saturated carbocycles. The summed E-state index contributed by atoms with van der Waals surface area (Å²) in [7, 11) is 0. The van der Waals surface area contributed by atoms with E-state index in [0.29, 0.717) is 17.9 Å². The fraction of sp³-hybridized carbons (Fsp3) is 0.208. The van der Waals surface area contributed by atoms with Crippen LogP contribution in [0.3, 0.4) is 0 Å². The van der Waals surface area contributed by atoms with Crippen molar-refractivity contribution in [1.82, 2.24) is 15.3 Å². The van der Waals surface area contributed by atoms with Gasteiger partial charge in [0.2, 0.25) is 17.7 Å². The fourth-order valence-electron chi connectivity index (χ4n) is 3.67. The SMILES string of the molecule is CCOc1ccccc1C(N=C1NC(=O)C(CC(=O)Nc2ccccc2F)S1)c1c(O)[nH]c(=O)[nH]c1=O. The lowest BCUT2D eigenvalue weighted by molar-refractivity contribution is -0.122. The molecule has 2 unspecified atom stereocenters. The summed E-state index contributed by atoms with van der Waals surface area (Å²) in [4.78, 5) is 58.0. The lowest BCUT2D eigenvalue weighted by Gasteiger charge is -2.18. The highest BCUT2D eigenvalue weighted by molar-refractivity contribution is 8.15. The topological polar surface area (TPSA) is 166 Å². The standard InChI is InChI=1S/C24H22FN5O6S/c1-2-36-15-10-6-3-7-12(15)19(18-21(33)28-23(35)29-22(18)34)27-24-30-20(32)16(37-24)11-17(31)26-14-9-5-4-8-13(14)25/h3-10,16,19H,2,11H2,1H3,(H,26,31)(H,27,30,32)(H3,28,29,33,34,35). The molecule has 1 aliphatic rings. The van der Waals surface area contributed by atoms with Crippen LogP contribution in [-0.2, 0) is 9.59 Å². The number of H-pyrrole nitrogens is 2. The number of amidine groups is 1. The van der Waals surface area contributed by atoms with E-state index in [1.807, 2.05) is 0 Å². The van der Waals surface area contributed by atoms with Crippen molar-refractivity contribution in [3.63, 3.8) is 0 Å². The highest BCUT2D eigenvalue weighted by atomic mass is 32.2. The molecule has 0 spiro atoms. The first-order chi connectivity index (χ1) is 17.8. The summed E-state index contributed by atoms with van der Waals surface area (Å²) >= 11 is 0.942. The zero-order valence-electron chi connectivity index (χ0n) is 19.4. The number of benzene rings is 2. The Kier molecular flexibility index (Phi) is 7.72. The van der Waals surface area contributed by atoms with E-state index in [0.717, 1.165) is 11.8 Å². The largest absolute Gasteiger partial charge is 0.494 e. The van der Waals surface area contributed by atoms with Crippen molar-refractivity contribution in [2.24, 2.45) is 4.99 Å². The zero-order chi connectivity index (χ0) is 26.5. The molecule has 1 fully saturated rings. The van der Waals surface area contributed by atoms with Crippen LogP contribution in [0.1, 0.15) is 30.5 Å². The molecule has 1 aliphatic heterocycles. The molecule has 5 N–H and O–H groups in total. The summed E-state index contributed by atoms with van der Waals surface area (Å²) < 4.78 is 19.5. The van der Waals surface area contributed by atoms with E-state index in [1.165, 1.54) is 18.2 Å². The predicted octanol–water partition coefficient (Wildman–Crippen LogP) is 2.01. The van der Waals surface area contributed by atoms with Gasteiger partial charge in [0.15, 0.2) is 5.17 Å². The highest BCUT2D eigenvalue weighted by Crippen LogP contribution is 2.36. The second-order valence-corrected chi connectivity index (χ2v) is 9.00. The van der Waals surface area contributed by atoms with Crippen LogP contribution in [0.4, 0.5) is 10.1 Å². The van der Waals surface area contributed by atoms with Crippen molar-refractivity contribution in [1.29, 1.82) is 0 Å². The number of thioether (sulfide) groups is 1. The molecule has 3 aromatic rings. The number of carbonyl (C=O) groups is 2. The minimum absolute atomic E-state index is 0.00911. The summed E-state index contributed by atoms with van der Waals surface area (Å²) in [6, 6.07) is 11.1. The molecule has 2 heterocycles. The second-order valence-electron chi connectivity index (χ2n) is 7.81. The van der Waals surface area contributed by atoms with Crippen LogP contribution in [0.25, 0.3) is 0 Å². The summed E-state index contributed by atoms with van der Waals surface area (Å²) in [5.41, 5.74) is -1.67. The van der Waals surface area contributed by atoms with Gasteiger partial charge in [-0.2, -0.15) is 0 Å². The third kappa shape index (κ3) is 5.89. The Morgan fingerprint density at radius 2 is 1.89 bits per heavy atom. The first kappa shape index (κ1) is 25.7. The zero-order valence-corrected chi connectivity index (χ0v) is 20.2. The van der Waals surface area contributed by atoms with Gasteiger partial charge in [-0.25, -0.2) is 14.2 Å². The Hall–Kier alpha value is -4.39. The smallest absolute Gasteiger partial charge is 0.328 e. The lowest BCUT2D eigenvalue weighted by atomic mass is 10.00. The molecule has 2 atom stereocenters. The van der Waals surface area contributed by atoms with Crippen LogP contribution in [0.2, 0.25) is 0 Å². The number of nitrogens with one attached hydrogen (secondary N) is 4. The molecule has 1 aromatic heterocycles. The quantitative estimate of drug-likeness (QED) is 0.299. The molecule has 1 saturated heterocycles. The molecule has 11 nitrogen and oxygen atoms in total. The number of rotatable bonds is 8. The maximum Gasteiger partial charge on any atom is 0.328 e. The number of ether oxygens (including phenoxy) is 1. The molecule has 13 heteroatoms. The number of amides is 2. The fourth-order valence-corrected chi connectivity index (χ4v) is 4.67. The van der Waals surface area contributed by atoms with Crippen molar-refractivity contribution in [2.75, 3.05) is 11.9 Å². The van der Waals surface area contributed by atoms with Crippen molar-refractivity contribution < 1.29 is 23.8 Å². The molecule has 4 rings (SSSR count). The molecular formula is C24H22FN5O6S. The van der Waals surface area contributed by atoms with Crippen LogP contribution < -0.4 is 26.6 Å². The van der Waals surface area contributed by atoms with Gasteiger partial charge >= 0.3 is 5.69 Å². The van der Waals surface area contributed by atoms with Gasteiger partial charge in [0.1, 0.15) is 28.4 Å². The van der Waals surface area contributed by atoms with E-state index < -0.39 is 46.1 Å². The Labute approximate surface area is 213 Å². The van der Waals surface area contributed by atoms with Gasteiger partial charge in [0.25, 0.3) is 5.56 Å². The third-order valence-corrected chi connectivity index (χ3v) is 6.38. The average molecular weight is 528 g/mol. The van der Waals surface area contributed by atoms with E-state index in [1.54, 1.807) is 37.3 Å². The molecule has 0 aliphatic carbocycles. The predicted molar refractivity (Wildman–Crippen MR) is 135 cm³/mol. The highest BCUT2D eigenvalue weighted by Gasteiger charge is 2.34. The third-order valence-electron chi connectivity index (χ3n) is 5.29. The van der Waals surface area contributed by atoms with Gasteiger partial charge in [-0.05, 0) is 25.1 Å². The first-order valence-corrected chi connectivity index (χ1v) is 12.0. The van der Waals surface area contributed by atoms with Gasteiger partial charge in [0, 0.05) is 12.0 Å². The molecule has 192 valence electrons. The number of anilines is 1. The normalized spacial score (nSPS) is 16.9. The number of aliphatic imine (C=N–C) groups is 1. The summed E-state index contributed by atoms with van der Waals surface area (Å²) in [6.45, 7) is 2.07. The number of aromatic hydroxyl groups is 1. The van der Waals surface area contributed by atoms with Gasteiger partial charge in [0.05, 0.1) is 12.3 Å². The minimum atomic E-state index is -1.18. The monoisotopic (exact) mass is 527 g/mol. The summed E-state index contributed by atoms with van der Waals surface area (Å²) in [6.07, 6.45) is -0.269. The molecule has 0 bridgehead atoms. The van der Waals surface area contributed by atoms with Gasteiger partial charge in [-0.15, -0.1) is 0 Å². The number of halogens is 1. The van der Waals surface area contributed by atoms with E-state index in [2.05, 4.69) is 25.6 Å². The number of aromatic amines is 2. The lowest BCUT2D eigenvalue weighted by Crippen LogP contribution is -2.29. The molecule has 2 amide bonds. The van der Waals surface area contributed by atoms with E-state index in [-0.39, 0.29) is 22.8 Å². The Bertz CT molecular complexity index is 1490. The van der Waals surface area contributed by atoms with Crippen molar-refractivity contribution >= 4 is 34.4 Å². The molecule has 37 heavy (non-hydrogen) atoms. The van der Waals surface area contributed by atoms with E-state index in [9.17, 15) is 28.7 Å². The maximum absolute atomic E-state index is 13.8. The van der Waals surface area contributed by atoms with Gasteiger partial charge < -0.3 is 20.5 Å². The summed E-state index contributed by atoms with van der Waals surface area (Å²) in [5, 5.41) is 14.6. The van der Waals surface area contributed by atoms with Crippen molar-refractivity contribution in [3.05, 3.63) is 86.3 Å². The number of nitrogens with zero attached hydrogens (tertiary/aromatic N) is 1. The number of carbonyl (C=O) groups excluding carboxylic acids is 2. The minimum Gasteiger partial charge on any atom is -0.494 e. The molecule has 2 aromatic carbocycles. The number of hydrogen-bond acceptors (Lipinski definition) is 8. The number of aromatic nitrogens is 2. The van der Waals surface area contributed by atoms with Crippen molar-refractivity contribution in [3.8, 4) is 11.6 Å². The summed E-state index contributed by atoms with van der Waals surface area (Å²) in [5.74, 6) is -2.01. The Balaban J connectivity index is 1.64. The van der Waals surface area contributed by atoms with Crippen molar-refractivity contribution in [2.45, 2.75) is 24.6 Å². The van der Waals surface area contributed by atoms with E-state index in [4.69, 9.17) is 4.74 Å². The van der Waals surface area contributed by atoms with Crippen LogP contribution in [-0.4, -0.2) is 43.9 Å². The van der Waals surface area contributed by atoms with Gasteiger partial charge in [-0.3, -0.25) is 24.4 Å².